The molecule has 1 aliphatic rings. The molecule has 0 radical (unpaired) electrons. The average Bonchev–Trinajstić information content (AvgIpc) is 3.32. The number of thiazole rings is 1. The van der Waals surface area contributed by atoms with Crippen LogP contribution in [-0.4, -0.2) is 28.5 Å². The van der Waals surface area contributed by atoms with E-state index in [4.69, 9.17) is 5.73 Å². The van der Waals surface area contributed by atoms with Crippen LogP contribution in [0.4, 0.5) is 18.3 Å². The molecule has 1 aliphatic heterocycles. The van der Waals surface area contributed by atoms with E-state index in [1.54, 1.807) is 6.20 Å². The molecule has 3 heterocycles. The predicted molar refractivity (Wildman–Crippen MR) is 120 cm³/mol. The number of amides is 1. The number of hydrogen-bond donors (Lipinski definition) is 3. The fraction of sp³-hybridized carbons (Fsp3) is 0.318. The summed E-state index contributed by atoms with van der Waals surface area (Å²) in [5.41, 5.74) is 8.58. The van der Waals surface area contributed by atoms with Crippen molar-refractivity contribution in [1.29, 1.82) is 0 Å². The van der Waals surface area contributed by atoms with Crippen LogP contribution in [0.15, 0.2) is 54.0 Å². The Morgan fingerprint density at radius 3 is 2.72 bits per heavy atom. The molecule has 6 nitrogen and oxygen atoms in total. The van der Waals surface area contributed by atoms with Crippen LogP contribution >= 0.6 is 11.3 Å². The largest absolute Gasteiger partial charge is 0.433 e. The molecule has 2 aromatic heterocycles. The molecule has 0 spiro atoms. The average molecular weight is 464 g/mol. The van der Waals surface area contributed by atoms with Gasteiger partial charge in [-0.1, -0.05) is 29.6 Å². The fourth-order valence-corrected chi connectivity index (χ4v) is 3.98. The summed E-state index contributed by atoms with van der Waals surface area (Å²) in [6, 6.07) is 2.03. The van der Waals surface area contributed by atoms with Gasteiger partial charge in [-0.25, -0.2) is 4.98 Å². The van der Waals surface area contributed by atoms with Crippen molar-refractivity contribution in [2.24, 2.45) is 5.73 Å². The molecule has 1 atom stereocenters. The Balaban J connectivity index is 1.60. The van der Waals surface area contributed by atoms with Crippen molar-refractivity contribution < 1.29 is 18.0 Å². The van der Waals surface area contributed by atoms with Crippen molar-refractivity contribution in [3.8, 4) is 0 Å². The van der Waals surface area contributed by atoms with Crippen LogP contribution < -0.4 is 16.4 Å². The SMILES string of the molecule is CC=C/C(=C\C1=C(C)NC(=O)C1)c1cnc(NC[C@@H](N)Cc2ccc(C(F)(F)F)nc2)s1. The number of pyridine rings is 1. The molecular formula is C22H24F3N5OS. The first kappa shape index (κ1) is 23.7. The standard InChI is InChI=1S/C22H24F3N5OS/c1-3-4-15(8-16-9-20(31)30-13(16)2)18-12-29-21(32-18)28-11-17(26)7-14-5-6-19(27-10-14)22(23,24)25/h3-6,8,10,12,17H,7,9,11,26H2,1-2H3,(H,28,29)(H,30,31)/b4-3?,15-8+/t17-/m0/s1. The lowest BCUT2D eigenvalue weighted by Gasteiger charge is -2.12. The van der Waals surface area contributed by atoms with E-state index in [2.05, 4.69) is 20.6 Å². The maximum absolute atomic E-state index is 12.6. The smallest absolute Gasteiger partial charge is 0.360 e. The van der Waals surface area contributed by atoms with E-state index in [-0.39, 0.29) is 11.9 Å². The second-order valence-corrected chi connectivity index (χ2v) is 8.43. The highest BCUT2D eigenvalue weighted by atomic mass is 32.1. The zero-order chi connectivity index (χ0) is 23.3. The Morgan fingerprint density at radius 1 is 1.34 bits per heavy atom. The number of carbonyl (C=O) groups excluding carboxylic acids is 1. The second kappa shape index (κ2) is 10.1. The number of nitrogens with two attached hydrogens (primary N) is 1. The summed E-state index contributed by atoms with van der Waals surface area (Å²) in [6.45, 7) is 4.19. The van der Waals surface area contributed by atoms with Gasteiger partial charge in [0, 0.05) is 30.7 Å². The van der Waals surface area contributed by atoms with Crippen molar-refractivity contribution in [1.82, 2.24) is 15.3 Å². The van der Waals surface area contributed by atoms with Gasteiger partial charge in [-0.15, -0.1) is 0 Å². The molecule has 1 amide bonds. The van der Waals surface area contributed by atoms with E-state index in [1.165, 1.54) is 23.6 Å². The highest BCUT2D eigenvalue weighted by molar-refractivity contribution is 7.16. The van der Waals surface area contributed by atoms with Crippen LogP contribution in [0.25, 0.3) is 5.57 Å². The summed E-state index contributed by atoms with van der Waals surface area (Å²) in [5.74, 6) is -0.0162. The van der Waals surface area contributed by atoms with Crippen molar-refractivity contribution >= 4 is 27.9 Å². The molecule has 0 unspecified atom stereocenters. The van der Waals surface area contributed by atoms with E-state index >= 15 is 0 Å². The van der Waals surface area contributed by atoms with E-state index in [0.29, 0.717) is 30.1 Å². The first-order valence-electron chi connectivity index (χ1n) is 9.97. The molecule has 3 rings (SSSR count). The molecule has 32 heavy (non-hydrogen) atoms. The van der Waals surface area contributed by atoms with Gasteiger partial charge >= 0.3 is 6.18 Å². The van der Waals surface area contributed by atoms with Crippen molar-refractivity contribution in [2.75, 3.05) is 11.9 Å². The highest BCUT2D eigenvalue weighted by Crippen LogP contribution is 2.30. The predicted octanol–water partition coefficient (Wildman–Crippen LogP) is 4.29. The Bertz CT molecular complexity index is 1050. The van der Waals surface area contributed by atoms with E-state index in [9.17, 15) is 18.0 Å². The quantitative estimate of drug-likeness (QED) is 0.508. The third kappa shape index (κ3) is 6.27. The molecule has 0 saturated carbocycles. The minimum absolute atomic E-state index is 0.0162. The summed E-state index contributed by atoms with van der Waals surface area (Å²) in [7, 11) is 0. The molecule has 0 aromatic carbocycles. The van der Waals surface area contributed by atoms with Gasteiger partial charge in [-0.2, -0.15) is 13.2 Å². The third-order valence-electron chi connectivity index (χ3n) is 4.75. The molecule has 2 aromatic rings. The Labute approximate surface area is 188 Å². The van der Waals surface area contributed by atoms with Crippen LogP contribution in [0.2, 0.25) is 0 Å². The van der Waals surface area contributed by atoms with Gasteiger partial charge in [-0.05, 0) is 49.1 Å². The lowest BCUT2D eigenvalue weighted by molar-refractivity contribution is -0.141. The number of rotatable bonds is 8. The lowest BCUT2D eigenvalue weighted by Crippen LogP contribution is -2.31. The van der Waals surface area contributed by atoms with Crippen LogP contribution in [0.5, 0.6) is 0 Å². The Kier molecular flexibility index (Phi) is 7.47. The van der Waals surface area contributed by atoms with Crippen LogP contribution in [0.3, 0.4) is 0 Å². The maximum Gasteiger partial charge on any atom is 0.433 e. The van der Waals surface area contributed by atoms with E-state index < -0.39 is 11.9 Å². The summed E-state index contributed by atoms with van der Waals surface area (Å²) in [4.78, 5) is 20.4. The second-order valence-electron chi connectivity index (χ2n) is 7.40. The van der Waals surface area contributed by atoms with Crippen molar-refractivity contribution in [2.45, 2.75) is 38.9 Å². The number of anilines is 1. The van der Waals surface area contributed by atoms with Crippen molar-refractivity contribution in [3.05, 3.63) is 70.2 Å². The van der Waals surface area contributed by atoms with Gasteiger partial charge in [0.2, 0.25) is 5.91 Å². The monoisotopic (exact) mass is 463 g/mol. The molecule has 0 bridgehead atoms. The van der Waals surface area contributed by atoms with Gasteiger partial charge < -0.3 is 16.4 Å². The zero-order valence-electron chi connectivity index (χ0n) is 17.7. The molecule has 10 heteroatoms. The van der Waals surface area contributed by atoms with Crippen LogP contribution in [0, 0.1) is 0 Å². The number of halogens is 3. The zero-order valence-corrected chi connectivity index (χ0v) is 18.5. The van der Waals surface area contributed by atoms with Gasteiger partial charge in [0.25, 0.3) is 0 Å². The number of aromatic nitrogens is 2. The van der Waals surface area contributed by atoms with Gasteiger partial charge in [0.05, 0.1) is 11.3 Å². The summed E-state index contributed by atoms with van der Waals surface area (Å²) < 4.78 is 37.8. The minimum atomic E-state index is -4.45. The maximum atomic E-state index is 12.6. The van der Waals surface area contributed by atoms with Crippen molar-refractivity contribution in [3.63, 3.8) is 0 Å². The summed E-state index contributed by atoms with van der Waals surface area (Å²) in [5, 5.41) is 6.67. The Hall–Kier alpha value is -2.98. The first-order chi connectivity index (χ1) is 15.2. The minimum Gasteiger partial charge on any atom is -0.360 e. The fourth-order valence-electron chi connectivity index (χ4n) is 3.16. The topological polar surface area (TPSA) is 92.9 Å². The highest BCUT2D eigenvalue weighted by Gasteiger charge is 2.32. The van der Waals surface area contributed by atoms with Crippen LogP contribution in [0.1, 0.15) is 36.4 Å². The van der Waals surface area contributed by atoms with E-state index in [0.717, 1.165) is 27.8 Å². The molecule has 0 aliphatic carbocycles. The number of carbonyl (C=O) groups is 1. The molecular weight excluding hydrogens is 439 g/mol. The third-order valence-corrected chi connectivity index (χ3v) is 5.76. The normalized spacial score (nSPS) is 16.1. The number of hydrogen-bond acceptors (Lipinski definition) is 6. The van der Waals surface area contributed by atoms with Crippen LogP contribution in [-0.2, 0) is 17.4 Å². The molecule has 0 saturated heterocycles. The lowest BCUT2D eigenvalue weighted by atomic mass is 10.1. The molecule has 4 N–H and O–H groups in total. The van der Waals surface area contributed by atoms with E-state index in [1.807, 2.05) is 32.1 Å². The summed E-state index contributed by atoms with van der Waals surface area (Å²) in [6.07, 6.45) is 5.11. The van der Waals surface area contributed by atoms with Gasteiger partial charge in [0.1, 0.15) is 5.69 Å². The number of allylic oxidation sites excluding steroid dienone is 5. The number of alkyl halides is 3. The molecule has 0 fully saturated rings. The number of nitrogens with one attached hydrogen (secondary N) is 2. The van der Waals surface area contributed by atoms with Gasteiger partial charge in [-0.3, -0.25) is 9.78 Å². The van der Waals surface area contributed by atoms with Gasteiger partial charge in [0.15, 0.2) is 5.13 Å². The number of nitrogens with zero attached hydrogens (tertiary/aromatic N) is 2. The molecule has 170 valence electrons. The summed E-state index contributed by atoms with van der Waals surface area (Å²) >= 11 is 1.46. The Morgan fingerprint density at radius 2 is 2.12 bits per heavy atom. The first-order valence-corrected chi connectivity index (χ1v) is 10.8.